The minimum absolute atomic E-state index is 0.177. The van der Waals surface area contributed by atoms with Crippen LogP contribution in [0.15, 0.2) is 36.5 Å². The van der Waals surface area contributed by atoms with E-state index in [1.165, 1.54) is 5.69 Å². The van der Waals surface area contributed by atoms with E-state index in [0.29, 0.717) is 18.8 Å². The lowest BCUT2D eigenvalue weighted by Crippen LogP contribution is -2.26. The van der Waals surface area contributed by atoms with Crippen molar-refractivity contribution in [3.63, 3.8) is 0 Å². The molecule has 6 nitrogen and oxygen atoms in total. The zero-order chi connectivity index (χ0) is 19.6. The third-order valence-electron chi connectivity index (χ3n) is 4.42. The molecule has 0 fully saturated rings. The Bertz CT molecular complexity index is 745. The molecule has 0 aliphatic carbocycles. The van der Waals surface area contributed by atoms with Gasteiger partial charge in [-0.25, -0.2) is 0 Å². The molecular formula is C21H30N4O2. The molecule has 1 aromatic carbocycles. The Kier molecular flexibility index (Phi) is 8.07. The van der Waals surface area contributed by atoms with Crippen LogP contribution in [0.2, 0.25) is 0 Å². The van der Waals surface area contributed by atoms with Crippen molar-refractivity contribution in [3.05, 3.63) is 47.8 Å². The highest BCUT2D eigenvalue weighted by Gasteiger charge is 2.09. The first-order chi connectivity index (χ1) is 13.1. The van der Waals surface area contributed by atoms with Crippen molar-refractivity contribution in [2.45, 2.75) is 27.2 Å². The van der Waals surface area contributed by atoms with E-state index in [0.717, 1.165) is 36.4 Å². The average Bonchev–Trinajstić information content (AvgIpc) is 2.68. The summed E-state index contributed by atoms with van der Waals surface area (Å²) in [5, 5.41) is 6.24. The molecule has 6 heteroatoms. The molecule has 1 amide bonds. The Labute approximate surface area is 161 Å². The zero-order valence-corrected chi connectivity index (χ0v) is 16.7. The van der Waals surface area contributed by atoms with Gasteiger partial charge in [-0.15, -0.1) is 0 Å². The van der Waals surface area contributed by atoms with Crippen LogP contribution in [0, 0.1) is 6.92 Å². The summed E-state index contributed by atoms with van der Waals surface area (Å²) >= 11 is 0. The van der Waals surface area contributed by atoms with E-state index in [1.807, 2.05) is 6.07 Å². The molecule has 0 atom stereocenters. The number of nitrogens with one attached hydrogen (secondary N) is 2. The summed E-state index contributed by atoms with van der Waals surface area (Å²) in [4.78, 5) is 18.7. The summed E-state index contributed by atoms with van der Waals surface area (Å²) in [6.45, 7) is 9.55. The smallest absolute Gasteiger partial charge is 0.269 e. The maximum absolute atomic E-state index is 12.2. The molecule has 0 spiro atoms. The van der Waals surface area contributed by atoms with Crippen LogP contribution in [-0.2, 0) is 4.74 Å². The Morgan fingerprint density at radius 3 is 2.63 bits per heavy atom. The van der Waals surface area contributed by atoms with Gasteiger partial charge in [-0.3, -0.25) is 9.78 Å². The number of aryl methyl sites for hydroxylation is 1. The highest BCUT2D eigenvalue weighted by atomic mass is 16.5. The zero-order valence-electron chi connectivity index (χ0n) is 16.7. The van der Waals surface area contributed by atoms with Gasteiger partial charge in [0.1, 0.15) is 5.69 Å². The van der Waals surface area contributed by atoms with E-state index in [9.17, 15) is 4.79 Å². The van der Waals surface area contributed by atoms with E-state index < -0.39 is 0 Å². The van der Waals surface area contributed by atoms with Gasteiger partial charge in [0.25, 0.3) is 5.91 Å². The molecule has 2 N–H and O–H groups in total. The number of pyridine rings is 1. The van der Waals surface area contributed by atoms with Crippen molar-refractivity contribution in [2.75, 3.05) is 43.6 Å². The van der Waals surface area contributed by atoms with E-state index in [-0.39, 0.29) is 5.91 Å². The summed E-state index contributed by atoms with van der Waals surface area (Å²) in [7, 11) is 1.65. The van der Waals surface area contributed by atoms with Crippen LogP contribution in [0.3, 0.4) is 0 Å². The molecule has 2 aromatic rings. The lowest BCUT2D eigenvalue weighted by atomic mass is 10.1. The number of nitrogens with zero attached hydrogens (tertiary/aromatic N) is 2. The molecule has 1 heterocycles. The van der Waals surface area contributed by atoms with Gasteiger partial charge in [-0.05, 0) is 63.1 Å². The second-order valence-electron chi connectivity index (χ2n) is 6.33. The van der Waals surface area contributed by atoms with Crippen molar-refractivity contribution in [1.82, 2.24) is 10.3 Å². The second kappa shape index (κ2) is 10.5. The molecule has 0 saturated carbocycles. The van der Waals surface area contributed by atoms with Crippen LogP contribution < -0.4 is 15.5 Å². The summed E-state index contributed by atoms with van der Waals surface area (Å²) in [6, 6.07) is 10.0. The number of rotatable bonds is 10. The number of hydrogen-bond acceptors (Lipinski definition) is 5. The Morgan fingerprint density at radius 1 is 1.19 bits per heavy atom. The van der Waals surface area contributed by atoms with Crippen LogP contribution in [-0.4, -0.2) is 44.2 Å². The molecular weight excluding hydrogens is 340 g/mol. The minimum Gasteiger partial charge on any atom is -0.385 e. The number of methoxy groups -OCH3 is 1. The number of ether oxygens (including phenoxy) is 1. The number of aromatic nitrogens is 1. The first-order valence-electron chi connectivity index (χ1n) is 9.44. The first kappa shape index (κ1) is 20.7. The third-order valence-corrected chi connectivity index (χ3v) is 4.42. The fourth-order valence-electron chi connectivity index (χ4n) is 2.87. The molecule has 0 aliphatic heterocycles. The lowest BCUT2D eigenvalue weighted by molar-refractivity contribution is 0.0943. The summed E-state index contributed by atoms with van der Waals surface area (Å²) in [5.41, 5.74) is 4.62. The fraction of sp³-hybridized carbons (Fsp3) is 0.429. The number of amides is 1. The molecule has 0 aliphatic rings. The van der Waals surface area contributed by atoms with Gasteiger partial charge < -0.3 is 20.3 Å². The summed E-state index contributed by atoms with van der Waals surface area (Å²) < 4.78 is 4.98. The molecule has 146 valence electrons. The second-order valence-corrected chi connectivity index (χ2v) is 6.33. The van der Waals surface area contributed by atoms with Crippen LogP contribution in [0.25, 0.3) is 0 Å². The van der Waals surface area contributed by atoms with Crippen molar-refractivity contribution in [3.8, 4) is 0 Å². The summed E-state index contributed by atoms with van der Waals surface area (Å²) in [5.74, 6) is -0.177. The molecule has 0 bridgehead atoms. The fourth-order valence-corrected chi connectivity index (χ4v) is 2.87. The van der Waals surface area contributed by atoms with Crippen LogP contribution in [0.1, 0.15) is 36.3 Å². The van der Waals surface area contributed by atoms with Crippen LogP contribution in [0.5, 0.6) is 0 Å². The van der Waals surface area contributed by atoms with Crippen LogP contribution in [0.4, 0.5) is 17.1 Å². The molecule has 27 heavy (non-hydrogen) atoms. The van der Waals surface area contributed by atoms with E-state index in [4.69, 9.17) is 4.74 Å². The number of anilines is 3. The topological polar surface area (TPSA) is 66.5 Å². The molecule has 0 unspecified atom stereocenters. The van der Waals surface area contributed by atoms with Gasteiger partial charge in [-0.2, -0.15) is 0 Å². The van der Waals surface area contributed by atoms with Crippen molar-refractivity contribution in [1.29, 1.82) is 0 Å². The number of hydrogen-bond donors (Lipinski definition) is 2. The summed E-state index contributed by atoms with van der Waals surface area (Å²) in [6.07, 6.45) is 2.42. The molecule has 0 saturated heterocycles. The predicted molar refractivity (Wildman–Crippen MR) is 111 cm³/mol. The van der Waals surface area contributed by atoms with Gasteiger partial charge in [0.15, 0.2) is 0 Å². The number of benzene rings is 1. The largest absolute Gasteiger partial charge is 0.385 e. The van der Waals surface area contributed by atoms with E-state index in [1.54, 1.807) is 19.4 Å². The maximum atomic E-state index is 12.2. The monoisotopic (exact) mass is 370 g/mol. The predicted octanol–water partition coefficient (Wildman–Crippen LogP) is 3.75. The number of carbonyl (C=O) groups excluding carboxylic acids is 1. The van der Waals surface area contributed by atoms with Gasteiger partial charge in [0.05, 0.1) is 0 Å². The Balaban J connectivity index is 2.06. The molecule has 0 radical (unpaired) electrons. The van der Waals surface area contributed by atoms with Gasteiger partial charge in [0, 0.05) is 56.6 Å². The van der Waals surface area contributed by atoms with Gasteiger partial charge >= 0.3 is 0 Å². The molecule has 1 aromatic heterocycles. The Hall–Kier alpha value is -2.60. The number of carbonyl (C=O) groups is 1. The first-order valence-corrected chi connectivity index (χ1v) is 9.44. The molecule has 2 rings (SSSR count). The average molecular weight is 370 g/mol. The maximum Gasteiger partial charge on any atom is 0.269 e. The van der Waals surface area contributed by atoms with Gasteiger partial charge in [0.2, 0.25) is 0 Å². The highest BCUT2D eigenvalue weighted by molar-refractivity contribution is 5.93. The normalized spacial score (nSPS) is 10.5. The quantitative estimate of drug-likeness (QED) is 0.624. The SMILES string of the molecule is CCN(CC)c1ccc(Nc2ccnc(C(=O)NCCCOC)c2)c(C)c1. The minimum atomic E-state index is -0.177. The van der Waals surface area contributed by atoms with Crippen molar-refractivity contribution >= 4 is 23.0 Å². The lowest BCUT2D eigenvalue weighted by Gasteiger charge is -2.22. The van der Waals surface area contributed by atoms with E-state index in [2.05, 4.69) is 59.5 Å². The third kappa shape index (κ3) is 5.96. The highest BCUT2D eigenvalue weighted by Crippen LogP contribution is 2.25. The van der Waals surface area contributed by atoms with Crippen molar-refractivity contribution in [2.24, 2.45) is 0 Å². The van der Waals surface area contributed by atoms with Gasteiger partial charge in [-0.1, -0.05) is 0 Å². The van der Waals surface area contributed by atoms with Crippen LogP contribution >= 0.6 is 0 Å². The van der Waals surface area contributed by atoms with Crippen molar-refractivity contribution < 1.29 is 9.53 Å². The standard InChI is InChI=1S/C21H30N4O2/c1-5-25(6-2)18-8-9-19(16(3)14-18)24-17-10-12-22-20(15-17)21(26)23-11-7-13-27-4/h8-10,12,14-15H,5-7,11,13H2,1-4H3,(H,22,24)(H,23,26). The Morgan fingerprint density at radius 2 is 1.96 bits per heavy atom. The van der Waals surface area contributed by atoms with E-state index >= 15 is 0 Å².